The van der Waals surface area contributed by atoms with Gasteiger partial charge in [-0.1, -0.05) is 81.4 Å². The molecular formula is C31H33N5O4Si. The van der Waals surface area contributed by atoms with Crippen LogP contribution in [0.4, 0.5) is 5.82 Å². The van der Waals surface area contributed by atoms with Crippen LogP contribution in [0.25, 0.3) is 5.52 Å². The van der Waals surface area contributed by atoms with Crippen LogP contribution in [0.15, 0.2) is 79.1 Å². The molecule has 4 aromatic rings. The second-order valence-corrected chi connectivity index (χ2v) is 16.9. The maximum atomic E-state index is 10.7. The summed E-state index contributed by atoms with van der Waals surface area (Å²) in [6.45, 7) is 10.4. The first kappa shape index (κ1) is 26.3. The van der Waals surface area contributed by atoms with Crippen molar-refractivity contribution in [3.8, 4) is 6.07 Å². The number of anilines is 1. The maximum Gasteiger partial charge on any atom is 0.261 e. The summed E-state index contributed by atoms with van der Waals surface area (Å²) < 4.78 is 29.0. The molecule has 0 radical (unpaired) electrons. The highest BCUT2D eigenvalue weighted by Gasteiger charge is 2.89. The summed E-state index contributed by atoms with van der Waals surface area (Å²) in [6, 6.07) is 27.0. The van der Waals surface area contributed by atoms with E-state index in [1.54, 1.807) is 16.6 Å². The van der Waals surface area contributed by atoms with Crippen LogP contribution in [0.1, 0.15) is 40.3 Å². The summed E-state index contributed by atoms with van der Waals surface area (Å²) in [7, 11) is -2.94. The van der Waals surface area contributed by atoms with Crippen LogP contribution in [-0.4, -0.2) is 52.6 Å². The van der Waals surface area contributed by atoms with Crippen molar-refractivity contribution < 1.29 is 18.6 Å². The summed E-state index contributed by atoms with van der Waals surface area (Å²) in [5.41, 5.74) is 4.76. The first-order valence-corrected chi connectivity index (χ1v) is 15.8. The standard InChI is InChI=1S/C31H33N5O4Si/c1-28(2,3)41(20-12-8-6-9-13-20,21-14-10-7-11-15-21)39-25-24-31(25)27(38-29(4,5)40-31)30(18-32,37-24)23-17-16-22-26(33)34-19-35-36(22)23/h6-17,19,24-25,27H,1-5H3,(H2,33,34,35)/t24-,25?,27+,30?,31+/m1/s1. The number of nitriles is 1. The summed E-state index contributed by atoms with van der Waals surface area (Å²) >= 11 is 0. The number of benzene rings is 2. The zero-order chi connectivity index (χ0) is 28.8. The van der Waals surface area contributed by atoms with E-state index in [2.05, 4.69) is 85.5 Å². The molecule has 7 rings (SSSR count). The molecule has 1 saturated carbocycles. The maximum absolute atomic E-state index is 10.7. The predicted molar refractivity (Wildman–Crippen MR) is 155 cm³/mol. The predicted octanol–water partition coefficient (Wildman–Crippen LogP) is 3.28. The molecule has 2 unspecified atom stereocenters. The van der Waals surface area contributed by atoms with Crippen molar-refractivity contribution in [3.05, 3.63) is 84.8 Å². The zero-order valence-electron chi connectivity index (χ0n) is 23.7. The molecule has 3 aliphatic rings. The Hall–Kier alpha value is -3.59. The van der Waals surface area contributed by atoms with E-state index >= 15 is 0 Å². The van der Waals surface area contributed by atoms with Crippen molar-refractivity contribution in [2.75, 3.05) is 5.73 Å². The van der Waals surface area contributed by atoms with Crippen LogP contribution in [0.5, 0.6) is 0 Å². The lowest BCUT2D eigenvalue weighted by Crippen LogP contribution is -2.67. The van der Waals surface area contributed by atoms with Gasteiger partial charge in [-0.3, -0.25) is 0 Å². The van der Waals surface area contributed by atoms with Crippen molar-refractivity contribution in [1.29, 1.82) is 5.26 Å². The summed E-state index contributed by atoms with van der Waals surface area (Å²) in [5, 5.41) is 17.2. The number of aromatic nitrogens is 3. The number of fused-ring (bicyclic) bond motifs is 1. The van der Waals surface area contributed by atoms with Crippen LogP contribution in [-0.2, 0) is 24.2 Å². The molecule has 2 saturated heterocycles. The minimum absolute atomic E-state index is 0.244. The van der Waals surface area contributed by atoms with E-state index in [4.69, 9.17) is 24.4 Å². The number of hydrogen-bond acceptors (Lipinski definition) is 8. The van der Waals surface area contributed by atoms with Gasteiger partial charge in [-0.2, -0.15) is 10.4 Å². The summed E-state index contributed by atoms with van der Waals surface area (Å²) in [6.07, 6.45) is -0.376. The van der Waals surface area contributed by atoms with Gasteiger partial charge in [-0.05, 0) is 41.4 Å². The van der Waals surface area contributed by atoms with Gasteiger partial charge >= 0.3 is 0 Å². The van der Waals surface area contributed by atoms with Gasteiger partial charge in [0.2, 0.25) is 5.60 Å². The van der Waals surface area contributed by atoms with Crippen LogP contribution in [0, 0.1) is 11.3 Å². The van der Waals surface area contributed by atoms with Crippen molar-refractivity contribution in [2.24, 2.45) is 0 Å². The number of nitrogen functional groups attached to an aromatic ring is 1. The molecule has 2 N–H and O–H groups in total. The van der Waals surface area contributed by atoms with E-state index in [1.165, 1.54) is 6.33 Å². The third-order valence-electron chi connectivity index (χ3n) is 8.72. The first-order chi connectivity index (χ1) is 19.5. The minimum Gasteiger partial charge on any atom is -0.399 e. The van der Waals surface area contributed by atoms with Crippen LogP contribution in [0.3, 0.4) is 0 Å². The lowest BCUT2D eigenvalue weighted by atomic mass is 9.90. The highest BCUT2D eigenvalue weighted by atomic mass is 28.4. The van der Waals surface area contributed by atoms with E-state index in [0.29, 0.717) is 17.0 Å². The first-order valence-electron chi connectivity index (χ1n) is 13.8. The molecule has 2 aromatic heterocycles. The zero-order valence-corrected chi connectivity index (χ0v) is 24.7. The number of rotatable bonds is 5. The van der Waals surface area contributed by atoms with Crippen LogP contribution < -0.4 is 16.1 Å². The molecule has 5 atom stereocenters. The molecule has 0 bridgehead atoms. The third kappa shape index (κ3) is 3.41. The molecule has 41 heavy (non-hydrogen) atoms. The monoisotopic (exact) mass is 567 g/mol. The summed E-state index contributed by atoms with van der Waals surface area (Å²) in [4.78, 5) is 4.09. The smallest absolute Gasteiger partial charge is 0.261 e. The van der Waals surface area contributed by atoms with Crippen molar-refractivity contribution in [2.45, 2.75) is 75.0 Å². The van der Waals surface area contributed by atoms with Gasteiger partial charge in [0.1, 0.15) is 36.2 Å². The highest BCUT2D eigenvalue weighted by Crippen LogP contribution is 2.68. The quantitative estimate of drug-likeness (QED) is 0.365. The Morgan fingerprint density at radius 2 is 1.61 bits per heavy atom. The van der Waals surface area contributed by atoms with E-state index in [-0.39, 0.29) is 5.04 Å². The Morgan fingerprint density at radius 3 is 2.20 bits per heavy atom. The van der Waals surface area contributed by atoms with Gasteiger partial charge in [-0.15, -0.1) is 0 Å². The van der Waals surface area contributed by atoms with Gasteiger partial charge in [0.15, 0.2) is 17.2 Å². The van der Waals surface area contributed by atoms with Gasteiger partial charge in [0.25, 0.3) is 8.32 Å². The number of hydrogen-bond donors (Lipinski definition) is 1. The topological polar surface area (TPSA) is 117 Å². The Kier molecular flexibility index (Phi) is 5.44. The fourth-order valence-electron chi connectivity index (χ4n) is 7.04. The third-order valence-corrected chi connectivity index (χ3v) is 13.7. The summed E-state index contributed by atoms with van der Waals surface area (Å²) in [5.74, 6) is -0.645. The van der Waals surface area contributed by atoms with Crippen molar-refractivity contribution >= 4 is 30.0 Å². The molecule has 0 amide bonds. The van der Waals surface area contributed by atoms with E-state index in [1.807, 2.05) is 26.0 Å². The normalized spacial score (nSPS) is 30.1. The second kappa shape index (κ2) is 8.47. The van der Waals surface area contributed by atoms with Gasteiger partial charge in [-0.25, -0.2) is 9.50 Å². The Bertz CT molecular complexity index is 1640. The second-order valence-electron chi connectivity index (χ2n) is 12.6. The average molecular weight is 568 g/mol. The lowest BCUT2D eigenvalue weighted by molar-refractivity contribution is -0.188. The molecule has 9 nitrogen and oxygen atoms in total. The Morgan fingerprint density at radius 1 is 0.976 bits per heavy atom. The lowest BCUT2D eigenvalue weighted by Gasteiger charge is -2.44. The Balaban J connectivity index is 1.37. The van der Waals surface area contributed by atoms with Crippen molar-refractivity contribution in [1.82, 2.24) is 14.6 Å². The molecular weight excluding hydrogens is 534 g/mol. The minimum atomic E-state index is -2.94. The average Bonchev–Trinajstić information content (AvgIpc) is 3.26. The van der Waals surface area contributed by atoms with Gasteiger partial charge in [0.05, 0.1) is 5.69 Å². The Labute approximate surface area is 239 Å². The number of nitrogens with zero attached hydrogens (tertiary/aromatic N) is 4. The van der Waals surface area contributed by atoms with Crippen LogP contribution >= 0.6 is 0 Å². The fourth-order valence-corrected chi connectivity index (χ4v) is 11.7. The molecule has 1 aliphatic carbocycles. The highest BCUT2D eigenvalue weighted by molar-refractivity contribution is 6.99. The molecule has 210 valence electrons. The van der Waals surface area contributed by atoms with E-state index in [9.17, 15) is 5.26 Å². The number of nitrogens with two attached hydrogens (primary N) is 1. The molecule has 10 heteroatoms. The van der Waals surface area contributed by atoms with E-state index in [0.717, 1.165) is 10.4 Å². The number of ether oxygens (including phenoxy) is 3. The fraction of sp³-hybridized carbons (Fsp3) is 0.387. The van der Waals surface area contributed by atoms with E-state index < -0.39 is 43.6 Å². The van der Waals surface area contributed by atoms with Crippen molar-refractivity contribution in [3.63, 3.8) is 0 Å². The largest absolute Gasteiger partial charge is 0.399 e. The van der Waals surface area contributed by atoms with Crippen LogP contribution in [0.2, 0.25) is 5.04 Å². The SMILES string of the molecule is CC1(C)O[C@H]2C(C#N)(c3ccc4c(N)ncnn34)O[C@@H]3C(O[Si](c4ccccc4)(c4ccccc4)C(C)(C)C)[C@@]32O1. The molecule has 3 fully saturated rings. The van der Waals surface area contributed by atoms with Gasteiger partial charge < -0.3 is 24.4 Å². The molecule has 4 heterocycles. The molecule has 1 spiro atoms. The van der Waals surface area contributed by atoms with Gasteiger partial charge in [0, 0.05) is 0 Å². The molecule has 2 aliphatic heterocycles. The molecule has 2 aromatic carbocycles.